The third kappa shape index (κ3) is 5.09. The van der Waals surface area contributed by atoms with Crippen LogP contribution in [0.3, 0.4) is 0 Å². The lowest BCUT2D eigenvalue weighted by Crippen LogP contribution is -2.00. The van der Waals surface area contributed by atoms with Gasteiger partial charge in [0.15, 0.2) is 0 Å². The third-order valence-corrected chi connectivity index (χ3v) is 3.72. The average Bonchev–Trinajstić information content (AvgIpc) is 2.68. The van der Waals surface area contributed by atoms with Gasteiger partial charge >= 0.3 is 0 Å². The number of unbranched alkanes of at least 4 members (excludes halogenated alkanes) is 1. The van der Waals surface area contributed by atoms with Crippen LogP contribution in [-0.2, 0) is 4.52 Å². The van der Waals surface area contributed by atoms with Crippen LogP contribution in [0, 0.1) is 5.92 Å². The summed E-state index contributed by atoms with van der Waals surface area (Å²) >= 11 is 0. The van der Waals surface area contributed by atoms with Gasteiger partial charge in [0, 0.05) is 6.42 Å². The first-order valence-electron chi connectivity index (χ1n) is 5.75. The van der Waals surface area contributed by atoms with Gasteiger partial charge in [-0.3, -0.25) is 0 Å². The van der Waals surface area contributed by atoms with Gasteiger partial charge in [0.2, 0.25) is 8.00 Å². The fraction of sp³-hybridized carbons (Fsp3) is 0.909. The molecule has 0 amide bonds. The summed E-state index contributed by atoms with van der Waals surface area (Å²) in [5.74, 6) is 2.66. The Balaban J connectivity index is 2.08. The molecule has 14 heavy (non-hydrogen) atoms. The second-order valence-corrected chi connectivity index (χ2v) is 5.23. The molecule has 0 aliphatic heterocycles. The molecule has 2 nitrogen and oxygen atoms in total. The van der Waals surface area contributed by atoms with Crippen LogP contribution in [0.4, 0.5) is 0 Å². The lowest BCUT2D eigenvalue weighted by molar-refractivity contribution is -0.172. The summed E-state index contributed by atoms with van der Waals surface area (Å²) in [6.45, 7) is 2.76. The van der Waals surface area contributed by atoms with E-state index in [1.54, 1.807) is 0 Å². The molecule has 0 aromatic carbocycles. The molecular weight excluding hydrogens is 195 g/mol. The lowest BCUT2D eigenvalue weighted by Gasteiger charge is -2.02. The molecule has 0 aromatic rings. The molecule has 1 atom stereocenters. The van der Waals surface area contributed by atoms with E-state index in [1.807, 2.05) is 5.80 Å². The van der Waals surface area contributed by atoms with E-state index >= 15 is 0 Å². The van der Waals surface area contributed by atoms with Crippen LogP contribution in [-0.4, -0.2) is 12.4 Å². The summed E-state index contributed by atoms with van der Waals surface area (Å²) in [6.07, 6.45) is 8.44. The van der Waals surface area contributed by atoms with Gasteiger partial charge < -0.3 is 4.89 Å². The number of hydrogen-bond acceptors (Lipinski definition) is 2. The molecule has 1 fully saturated rings. The second-order valence-electron chi connectivity index (χ2n) is 4.04. The monoisotopic (exact) mass is 216 g/mol. The summed E-state index contributed by atoms with van der Waals surface area (Å²) in [5, 5.41) is 0. The predicted molar refractivity (Wildman–Crippen MR) is 60.4 cm³/mol. The molecule has 1 saturated carbocycles. The van der Waals surface area contributed by atoms with Gasteiger partial charge in [0.25, 0.3) is 0 Å². The van der Waals surface area contributed by atoms with Crippen LogP contribution in [0.25, 0.3) is 0 Å². The Hall–Kier alpha value is 0.0900. The van der Waals surface area contributed by atoms with Crippen molar-refractivity contribution < 1.29 is 9.42 Å². The normalized spacial score (nSPS) is 19.1. The smallest absolute Gasteiger partial charge is 0.216 e. The highest BCUT2D eigenvalue weighted by molar-refractivity contribution is 7.44. The molecule has 3 heteroatoms. The van der Waals surface area contributed by atoms with E-state index in [0.29, 0.717) is 6.61 Å². The molecule has 1 aliphatic carbocycles. The minimum absolute atomic E-state index is 0.646. The van der Waals surface area contributed by atoms with Gasteiger partial charge in [-0.1, -0.05) is 39.0 Å². The zero-order chi connectivity index (χ0) is 10.2. The van der Waals surface area contributed by atoms with Crippen LogP contribution in [0.5, 0.6) is 0 Å². The SMILES string of the molecule is CCCCO[P+]([O-])=CCC1CCCC1. The fourth-order valence-corrected chi connectivity index (χ4v) is 2.72. The van der Waals surface area contributed by atoms with E-state index in [9.17, 15) is 4.89 Å². The fourth-order valence-electron chi connectivity index (χ4n) is 1.83. The first-order valence-corrected chi connectivity index (χ1v) is 7.00. The van der Waals surface area contributed by atoms with Crippen molar-refractivity contribution in [3.8, 4) is 0 Å². The Morgan fingerprint density at radius 1 is 1.43 bits per heavy atom. The van der Waals surface area contributed by atoms with Gasteiger partial charge in [-0.15, -0.1) is 0 Å². The van der Waals surface area contributed by atoms with Crippen molar-refractivity contribution in [3.63, 3.8) is 0 Å². The van der Waals surface area contributed by atoms with Crippen molar-refractivity contribution in [2.24, 2.45) is 5.92 Å². The summed E-state index contributed by atoms with van der Waals surface area (Å²) in [7, 11) is -1.48. The molecule has 0 bridgehead atoms. The molecule has 0 heterocycles. The minimum atomic E-state index is -1.48. The second kappa shape index (κ2) is 7.39. The van der Waals surface area contributed by atoms with Gasteiger partial charge in [0.05, 0.1) is 6.61 Å². The Morgan fingerprint density at radius 3 is 2.79 bits per heavy atom. The highest BCUT2D eigenvalue weighted by atomic mass is 31.1. The molecule has 1 aliphatic rings. The Labute approximate surface area is 88.2 Å². The highest BCUT2D eigenvalue weighted by Crippen LogP contribution is 2.28. The molecule has 0 spiro atoms. The topological polar surface area (TPSA) is 32.3 Å². The van der Waals surface area contributed by atoms with E-state index in [4.69, 9.17) is 4.52 Å². The summed E-state index contributed by atoms with van der Waals surface area (Å²) in [6, 6.07) is 0. The summed E-state index contributed by atoms with van der Waals surface area (Å²) < 4.78 is 5.20. The van der Waals surface area contributed by atoms with Crippen molar-refractivity contribution >= 4 is 13.8 Å². The predicted octanol–water partition coefficient (Wildman–Crippen LogP) is 2.86. The van der Waals surface area contributed by atoms with Crippen molar-refractivity contribution in [2.45, 2.75) is 51.9 Å². The van der Waals surface area contributed by atoms with Crippen molar-refractivity contribution in [1.29, 1.82) is 0 Å². The van der Waals surface area contributed by atoms with E-state index < -0.39 is 8.00 Å². The van der Waals surface area contributed by atoms with Gasteiger partial charge in [-0.2, -0.15) is 4.52 Å². The largest absolute Gasteiger partial charge is 0.603 e. The van der Waals surface area contributed by atoms with Gasteiger partial charge in [0.1, 0.15) is 5.80 Å². The van der Waals surface area contributed by atoms with Crippen molar-refractivity contribution in [1.82, 2.24) is 0 Å². The molecule has 1 rings (SSSR count). The van der Waals surface area contributed by atoms with Crippen LogP contribution in [0.15, 0.2) is 0 Å². The molecule has 0 saturated heterocycles. The maximum Gasteiger partial charge on any atom is 0.216 e. The van der Waals surface area contributed by atoms with Crippen molar-refractivity contribution in [3.05, 3.63) is 0 Å². The van der Waals surface area contributed by atoms with Crippen LogP contribution >= 0.6 is 8.00 Å². The summed E-state index contributed by atoms with van der Waals surface area (Å²) in [5.41, 5.74) is 0. The zero-order valence-corrected chi connectivity index (χ0v) is 9.97. The standard InChI is InChI=1S/C11H21O2P/c1-2-3-9-13-14(12)10-8-11-6-4-5-7-11/h10-11H,2-9H2,1H3. The zero-order valence-electron chi connectivity index (χ0n) is 9.08. The van der Waals surface area contributed by atoms with E-state index in [-0.39, 0.29) is 0 Å². The van der Waals surface area contributed by atoms with E-state index in [0.717, 1.165) is 25.2 Å². The van der Waals surface area contributed by atoms with Crippen LogP contribution in [0.1, 0.15) is 51.9 Å². The van der Waals surface area contributed by atoms with E-state index in [1.165, 1.54) is 25.7 Å². The molecule has 1 unspecified atom stereocenters. The Kier molecular flexibility index (Phi) is 6.42. The van der Waals surface area contributed by atoms with Gasteiger partial charge in [-0.05, 0) is 12.3 Å². The molecule has 82 valence electrons. The lowest BCUT2D eigenvalue weighted by atomic mass is 10.1. The minimum Gasteiger partial charge on any atom is -0.603 e. The molecule has 0 radical (unpaired) electrons. The third-order valence-electron chi connectivity index (χ3n) is 2.78. The quantitative estimate of drug-likeness (QED) is 0.505. The number of hydrogen-bond donors (Lipinski definition) is 0. The van der Waals surface area contributed by atoms with Crippen LogP contribution in [0.2, 0.25) is 0 Å². The Bertz CT molecular complexity index is 174. The maximum atomic E-state index is 11.3. The van der Waals surface area contributed by atoms with E-state index in [2.05, 4.69) is 6.92 Å². The average molecular weight is 216 g/mol. The molecular formula is C11H21O2P. The number of rotatable bonds is 6. The van der Waals surface area contributed by atoms with Gasteiger partial charge in [-0.25, -0.2) is 0 Å². The van der Waals surface area contributed by atoms with Crippen molar-refractivity contribution in [2.75, 3.05) is 6.61 Å². The highest BCUT2D eigenvalue weighted by Gasteiger charge is 2.14. The first-order chi connectivity index (χ1) is 6.83. The summed E-state index contributed by atoms with van der Waals surface area (Å²) in [4.78, 5) is 11.3. The molecule has 0 N–H and O–H groups in total. The maximum absolute atomic E-state index is 11.3. The first kappa shape index (κ1) is 12.2. The van der Waals surface area contributed by atoms with Crippen LogP contribution < -0.4 is 4.89 Å². The Morgan fingerprint density at radius 2 is 2.14 bits per heavy atom. The molecule has 0 aromatic heterocycles.